The quantitative estimate of drug-likeness (QED) is 0.709. The molecular formula is C12H17NO2. The first-order chi connectivity index (χ1) is 7.27. The molecule has 0 unspecified atom stereocenters. The molecule has 1 aliphatic rings. The second-order valence-electron chi connectivity index (χ2n) is 4.12. The molecule has 1 fully saturated rings. The van der Waals surface area contributed by atoms with E-state index in [9.17, 15) is 4.79 Å². The first-order valence-electron chi connectivity index (χ1n) is 5.63. The molecule has 0 N–H and O–H groups in total. The first-order valence-corrected chi connectivity index (χ1v) is 5.63. The minimum absolute atomic E-state index is 0.0463. The Morgan fingerprint density at radius 3 is 2.40 bits per heavy atom. The Labute approximate surface area is 90.1 Å². The molecule has 0 aromatic carbocycles. The summed E-state index contributed by atoms with van der Waals surface area (Å²) in [7, 11) is 0. The van der Waals surface area contributed by atoms with Crippen molar-refractivity contribution in [3.05, 3.63) is 23.7 Å². The van der Waals surface area contributed by atoms with Crippen LogP contribution in [0, 0.1) is 6.92 Å². The van der Waals surface area contributed by atoms with Crippen molar-refractivity contribution in [3.8, 4) is 0 Å². The maximum absolute atomic E-state index is 12.0. The average molecular weight is 207 g/mol. The van der Waals surface area contributed by atoms with Gasteiger partial charge in [0.05, 0.1) is 0 Å². The molecule has 1 aromatic rings. The fourth-order valence-electron chi connectivity index (χ4n) is 1.98. The van der Waals surface area contributed by atoms with Gasteiger partial charge in [-0.2, -0.15) is 0 Å². The van der Waals surface area contributed by atoms with Gasteiger partial charge >= 0.3 is 0 Å². The van der Waals surface area contributed by atoms with Crippen molar-refractivity contribution >= 4 is 5.91 Å². The lowest BCUT2D eigenvalue weighted by Gasteiger charge is -2.18. The molecule has 0 spiro atoms. The lowest BCUT2D eigenvalue weighted by Crippen LogP contribution is -2.31. The van der Waals surface area contributed by atoms with Crippen molar-refractivity contribution in [1.82, 2.24) is 4.90 Å². The number of likely N-dealkylation sites (tertiary alicyclic amines) is 1. The number of hydrogen-bond acceptors (Lipinski definition) is 2. The number of aryl methyl sites for hydroxylation is 1. The molecule has 0 aliphatic carbocycles. The summed E-state index contributed by atoms with van der Waals surface area (Å²) in [6, 6.07) is 3.60. The summed E-state index contributed by atoms with van der Waals surface area (Å²) in [6.07, 6.45) is 4.71. The fraction of sp³-hybridized carbons (Fsp3) is 0.583. The average Bonchev–Trinajstić information content (AvgIpc) is 2.53. The highest BCUT2D eigenvalue weighted by atomic mass is 16.3. The van der Waals surface area contributed by atoms with Crippen molar-refractivity contribution in [1.29, 1.82) is 0 Å². The van der Waals surface area contributed by atoms with E-state index < -0.39 is 0 Å². The van der Waals surface area contributed by atoms with E-state index >= 15 is 0 Å². The molecule has 2 rings (SSSR count). The maximum Gasteiger partial charge on any atom is 0.289 e. The number of amides is 1. The summed E-state index contributed by atoms with van der Waals surface area (Å²) < 4.78 is 5.35. The Morgan fingerprint density at radius 2 is 1.87 bits per heavy atom. The number of furan rings is 1. The minimum atomic E-state index is 0.0463. The van der Waals surface area contributed by atoms with Crippen LogP contribution in [0.1, 0.15) is 42.0 Å². The van der Waals surface area contributed by atoms with E-state index in [1.54, 1.807) is 6.07 Å². The van der Waals surface area contributed by atoms with Crippen molar-refractivity contribution in [2.45, 2.75) is 32.6 Å². The van der Waals surface area contributed by atoms with Gasteiger partial charge in [-0.1, -0.05) is 12.8 Å². The SMILES string of the molecule is Cc1ccc(C(=O)N2CCCCCC2)o1. The van der Waals surface area contributed by atoms with Crippen molar-refractivity contribution < 1.29 is 9.21 Å². The van der Waals surface area contributed by atoms with Gasteiger partial charge in [0.1, 0.15) is 5.76 Å². The largest absolute Gasteiger partial charge is 0.456 e. The molecule has 0 saturated carbocycles. The second kappa shape index (κ2) is 4.51. The summed E-state index contributed by atoms with van der Waals surface area (Å²) in [5.41, 5.74) is 0. The van der Waals surface area contributed by atoms with E-state index in [0.717, 1.165) is 31.7 Å². The topological polar surface area (TPSA) is 33.5 Å². The highest BCUT2D eigenvalue weighted by Crippen LogP contribution is 2.14. The van der Waals surface area contributed by atoms with Crippen LogP contribution in [0.4, 0.5) is 0 Å². The third kappa shape index (κ3) is 2.41. The van der Waals surface area contributed by atoms with Crippen molar-refractivity contribution in [2.75, 3.05) is 13.1 Å². The van der Waals surface area contributed by atoms with Crippen LogP contribution in [-0.4, -0.2) is 23.9 Å². The van der Waals surface area contributed by atoms with Crippen LogP contribution in [0.15, 0.2) is 16.5 Å². The number of hydrogen-bond donors (Lipinski definition) is 0. The molecular weight excluding hydrogens is 190 g/mol. The van der Waals surface area contributed by atoms with E-state index in [2.05, 4.69) is 0 Å². The Balaban J connectivity index is 2.06. The van der Waals surface area contributed by atoms with Crippen LogP contribution < -0.4 is 0 Å². The molecule has 1 saturated heterocycles. The molecule has 0 radical (unpaired) electrons. The van der Waals surface area contributed by atoms with Gasteiger partial charge in [0.15, 0.2) is 5.76 Å². The molecule has 3 nitrogen and oxygen atoms in total. The van der Waals surface area contributed by atoms with Gasteiger partial charge in [0, 0.05) is 13.1 Å². The normalized spacial score (nSPS) is 17.5. The Bertz CT molecular complexity index is 335. The van der Waals surface area contributed by atoms with Crippen LogP contribution in [0.2, 0.25) is 0 Å². The number of rotatable bonds is 1. The second-order valence-corrected chi connectivity index (χ2v) is 4.12. The first kappa shape index (κ1) is 10.3. The van der Waals surface area contributed by atoms with E-state index in [1.807, 2.05) is 17.9 Å². The zero-order chi connectivity index (χ0) is 10.7. The summed E-state index contributed by atoms with van der Waals surface area (Å²) in [5, 5.41) is 0. The monoisotopic (exact) mass is 207 g/mol. The Hall–Kier alpha value is -1.25. The summed E-state index contributed by atoms with van der Waals surface area (Å²) in [6.45, 7) is 3.61. The standard InChI is InChI=1S/C12H17NO2/c1-10-6-7-11(15-10)12(14)13-8-4-2-3-5-9-13/h6-7H,2-5,8-9H2,1H3. The highest BCUT2D eigenvalue weighted by Gasteiger charge is 2.19. The molecule has 1 aliphatic heterocycles. The van der Waals surface area contributed by atoms with Gasteiger partial charge in [-0.05, 0) is 31.9 Å². The van der Waals surface area contributed by atoms with Crippen LogP contribution in [0.5, 0.6) is 0 Å². The molecule has 1 amide bonds. The summed E-state index contributed by atoms with van der Waals surface area (Å²) >= 11 is 0. The van der Waals surface area contributed by atoms with E-state index in [4.69, 9.17) is 4.42 Å². The number of carbonyl (C=O) groups is 1. The van der Waals surface area contributed by atoms with Gasteiger partial charge in [-0.25, -0.2) is 0 Å². The van der Waals surface area contributed by atoms with Crippen LogP contribution in [-0.2, 0) is 0 Å². The molecule has 0 bridgehead atoms. The highest BCUT2D eigenvalue weighted by molar-refractivity contribution is 5.91. The lowest BCUT2D eigenvalue weighted by atomic mass is 10.2. The maximum atomic E-state index is 12.0. The molecule has 1 aromatic heterocycles. The summed E-state index contributed by atoms with van der Waals surface area (Å²) in [4.78, 5) is 13.9. The van der Waals surface area contributed by atoms with Crippen molar-refractivity contribution in [3.63, 3.8) is 0 Å². The molecule has 0 atom stereocenters. The predicted molar refractivity (Wildman–Crippen MR) is 57.8 cm³/mol. The van der Waals surface area contributed by atoms with Crippen LogP contribution in [0.25, 0.3) is 0 Å². The van der Waals surface area contributed by atoms with Crippen LogP contribution in [0.3, 0.4) is 0 Å². The molecule has 3 heteroatoms. The van der Waals surface area contributed by atoms with E-state index in [-0.39, 0.29) is 5.91 Å². The zero-order valence-corrected chi connectivity index (χ0v) is 9.16. The van der Waals surface area contributed by atoms with E-state index in [0.29, 0.717) is 5.76 Å². The lowest BCUT2D eigenvalue weighted by molar-refractivity contribution is 0.0728. The smallest absolute Gasteiger partial charge is 0.289 e. The minimum Gasteiger partial charge on any atom is -0.456 e. The third-order valence-electron chi connectivity index (χ3n) is 2.84. The molecule has 15 heavy (non-hydrogen) atoms. The number of nitrogens with zero attached hydrogens (tertiary/aromatic N) is 1. The van der Waals surface area contributed by atoms with Gasteiger partial charge in [0.25, 0.3) is 5.91 Å². The third-order valence-corrected chi connectivity index (χ3v) is 2.84. The Morgan fingerprint density at radius 1 is 1.20 bits per heavy atom. The fourth-order valence-corrected chi connectivity index (χ4v) is 1.98. The molecule has 2 heterocycles. The van der Waals surface area contributed by atoms with Crippen molar-refractivity contribution in [2.24, 2.45) is 0 Å². The van der Waals surface area contributed by atoms with Gasteiger partial charge in [-0.15, -0.1) is 0 Å². The van der Waals surface area contributed by atoms with Gasteiger partial charge in [-0.3, -0.25) is 4.79 Å². The number of carbonyl (C=O) groups excluding carboxylic acids is 1. The van der Waals surface area contributed by atoms with Gasteiger partial charge < -0.3 is 9.32 Å². The summed E-state index contributed by atoms with van der Waals surface area (Å²) in [5.74, 6) is 1.33. The van der Waals surface area contributed by atoms with Crippen LogP contribution >= 0.6 is 0 Å². The Kier molecular flexibility index (Phi) is 3.09. The predicted octanol–water partition coefficient (Wildman–Crippen LogP) is 2.60. The zero-order valence-electron chi connectivity index (χ0n) is 9.16. The molecule has 82 valence electrons. The van der Waals surface area contributed by atoms with E-state index in [1.165, 1.54) is 12.8 Å². The van der Waals surface area contributed by atoms with Gasteiger partial charge in [0.2, 0.25) is 0 Å².